The molecule has 2 aromatic rings. The summed E-state index contributed by atoms with van der Waals surface area (Å²) in [5.41, 5.74) is 3.42. The number of pyridine rings is 2. The first-order chi connectivity index (χ1) is 8.66. The molecule has 0 radical (unpaired) electrons. The second kappa shape index (κ2) is 4.50. The Hall–Kier alpha value is -1.16. The van der Waals surface area contributed by atoms with E-state index in [-0.39, 0.29) is 0 Å². The molecular weight excluding hydrogens is 290 g/mol. The third-order valence-corrected chi connectivity index (χ3v) is 4.24. The molecule has 2 heterocycles. The molecule has 3 rings (SSSR count). The van der Waals surface area contributed by atoms with E-state index in [2.05, 4.69) is 38.1 Å². The van der Waals surface area contributed by atoms with E-state index in [0.717, 1.165) is 27.7 Å². The Balaban J connectivity index is 1.87. The standard InChI is InChI=1S/C14H16BrN3/c1-14(4-2-5-14)9-18-11-3-6-16-12-7-10(15)8-17-13(11)12/h3,6-8H,2,4-5,9H2,1H3,(H,16,18). The highest BCUT2D eigenvalue weighted by Crippen LogP contribution is 2.40. The lowest BCUT2D eigenvalue weighted by Gasteiger charge is -2.38. The van der Waals surface area contributed by atoms with Crippen molar-refractivity contribution in [2.24, 2.45) is 5.41 Å². The molecule has 0 aliphatic heterocycles. The number of nitrogens with zero attached hydrogens (tertiary/aromatic N) is 2. The van der Waals surface area contributed by atoms with Gasteiger partial charge in [0.25, 0.3) is 0 Å². The van der Waals surface area contributed by atoms with Crippen LogP contribution in [-0.2, 0) is 0 Å². The van der Waals surface area contributed by atoms with Gasteiger partial charge in [0.1, 0.15) is 5.52 Å². The molecule has 2 aromatic heterocycles. The number of nitrogens with one attached hydrogen (secondary N) is 1. The fraction of sp³-hybridized carbons (Fsp3) is 0.429. The summed E-state index contributed by atoms with van der Waals surface area (Å²) in [6.45, 7) is 3.36. The van der Waals surface area contributed by atoms with Crippen LogP contribution in [0.4, 0.5) is 5.69 Å². The number of fused-ring (bicyclic) bond motifs is 1. The van der Waals surface area contributed by atoms with E-state index >= 15 is 0 Å². The molecule has 0 amide bonds. The molecule has 94 valence electrons. The maximum Gasteiger partial charge on any atom is 0.112 e. The summed E-state index contributed by atoms with van der Waals surface area (Å²) in [6, 6.07) is 4.00. The van der Waals surface area contributed by atoms with Crippen LogP contribution in [0, 0.1) is 5.41 Å². The molecule has 4 heteroatoms. The molecule has 1 fully saturated rings. The summed E-state index contributed by atoms with van der Waals surface area (Å²) < 4.78 is 0.964. The van der Waals surface area contributed by atoms with E-state index in [1.165, 1.54) is 19.3 Å². The smallest absolute Gasteiger partial charge is 0.112 e. The number of aromatic nitrogens is 2. The number of halogens is 1. The van der Waals surface area contributed by atoms with Gasteiger partial charge in [-0.15, -0.1) is 0 Å². The van der Waals surface area contributed by atoms with Gasteiger partial charge >= 0.3 is 0 Å². The van der Waals surface area contributed by atoms with Gasteiger partial charge in [0, 0.05) is 23.4 Å². The van der Waals surface area contributed by atoms with E-state index in [9.17, 15) is 0 Å². The maximum atomic E-state index is 4.45. The highest BCUT2D eigenvalue weighted by atomic mass is 79.9. The number of rotatable bonds is 3. The minimum Gasteiger partial charge on any atom is -0.383 e. The summed E-state index contributed by atoms with van der Waals surface area (Å²) in [7, 11) is 0. The molecule has 0 saturated heterocycles. The molecule has 0 spiro atoms. The summed E-state index contributed by atoms with van der Waals surface area (Å²) in [5.74, 6) is 0. The molecular formula is C14H16BrN3. The van der Waals surface area contributed by atoms with Gasteiger partial charge in [0.15, 0.2) is 0 Å². The van der Waals surface area contributed by atoms with Crippen molar-refractivity contribution in [2.45, 2.75) is 26.2 Å². The predicted octanol–water partition coefficient (Wildman–Crippen LogP) is 3.99. The Morgan fingerprint density at radius 3 is 2.94 bits per heavy atom. The molecule has 0 atom stereocenters. The van der Waals surface area contributed by atoms with E-state index < -0.39 is 0 Å². The number of anilines is 1. The first kappa shape index (κ1) is 11.9. The zero-order valence-electron chi connectivity index (χ0n) is 10.4. The van der Waals surface area contributed by atoms with Crippen LogP contribution in [-0.4, -0.2) is 16.5 Å². The van der Waals surface area contributed by atoms with Crippen LogP contribution in [0.3, 0.4) is 0 Å². The first-order valence-corrected chi connectivity index (χ1v) is 7.10. The molecule has 0 unspecified atom stereocenters. The van der Waals surface area contributed by atoms with Crippen LogP contribution in [0.2, 0.25) is 0 Å². The van der Waals surface area contributed by atoms with E-state index in [1.54, 1.807) is 0 Å². The molecule has 1 saturated carbocycles. The van der Waals surface area contributed by atoms with Crippen LogP contribution in [0.5, 0.6) is 0 Å². The largest absolute Gasteiger partial charge is 0.383 e. The number of hydrogen-bond acceptors (Lipinski definition) is 3. The second-order valence-electron chi connectivity index (χ2n) is 5.40. The van der Waals surface area contributed by atoms with Gasteiger partial charge in [-0.05, 0) is 46.3 Å². The Kier molecular flexibility index (Phi) is 2.98. The van der Waals surface area contributed by atoms with Gasteiger partial charge in [-0.3, -0.25) is 9.97 Å². The Morgan fingerprint density at radius 1 is 1.39 bits per heavy atom. The van der Waals surface area contributed by atoms with Gasteiger partial charge in [-0.25, -0.2) is 0 Å². The molecule has 0 bridgehead atoms. The van der Waals surface area contributed by atoms with Gasteiger partial charge in [-0.1, -0.05) is 13.3 Å². The third-order valence-electron chi connectivity index (χ3n) is 3.81. The number of hydrogen-bond donors (Lipinski definition) is 1. The van der Waals surface area contributed by atoms with Gasteiger partial charge in [0.2, 0.25) is 0 Å². The first-order valence-electron chi connectivity index (χ1n) is 6.30. The quantitative estimate of drug-likeness (QED) is 0.931. The SMILES string of the molecule is CC1(CNc2ccnc3cc(Br)cnc23)CCC1. The highest BCUT2D eigenvalue weighted by molar-refractivity contribution is 9.10. The maximum absolute atomic E-state index is 4.45. The minimum absolute atomic E-state index is 0.463. The van der Waals surface area contributed by atoms with Crippen LogP contribution in [0.1, 0.15) is 26.2 Å². The van der Waals surface area contributed by atoms with E-state index in [1.807, 2.05) is 24.5 Å². The van der Waals surface area contributed by atoms with Crippen molar-refractivity contribution < 1.29 is 0 Å². The fourth-order valence-corrected chi connectivity index (χ4v) is 2.73. The third kappa shape index (κ3) is 2.21. The molecule has 0 aromatic carbocycles. The summed E-state index contributed by atoms with van der Waals surface area (Å²) in [5, 5.41) is 3.53. The van der Waals surface area contributed by atoms with Crippen LogP contribution >= 0.6 is 15.9 Å². The van der Waals surface area contributed by atoms with Crippen molar-refractivity contribution in [1.82, 2.24) is 9.97 Å². The highest BCUT2D eigenvalue weighted by Gasteiger charge is 2.31. The van der Waals surface area contributed by atoms with Gasteiger partial charge in [0.05, 0.1) is 11.2 Å². The normalized spacial score (nSPS) is 17.4. The van der Waals surface area contributed by atoms with Gasteiger partial charge < -0.3 is 5.32 Å². The molecule has 3 nitrogen and oxygen atoms in total. The van der Waals surface area contributed by atoms with Crippen molar-refractivity contribution >= 4 is 32.7 Å². The topological polar surface area (TPSA) is 37.8 Å². The molecule has 1 aliphatic rings. The lowest BCUT2D eigenvalue weighted by atomic mass is 9.70. The zero-order valence-corrected chi connectivity index (χ0v) is 12.0. The average molecular weight is 306 g/mol. The Morgan fingerprint density at radius 2 is 2.22 bits per heavy atom. The Bertz CT molecular complexity index is 578. The minimum atomic E-state index is 0.463. The molecule has 1 aliphatic carbocycles. The zero-order chi connectivity index (χ0) is 12.6. The van der Waals surface area contributed by atoms with Crippen molar-refractivity contribution in [3.8, 4) is 0 Å². The second-order valence-corrected chi connectivity index (χ2v) is 6.31. The fourth-order valence-electron chi connectivity index (χ4n) is 2.41. The predicted molar refractivity (Wildman–Crippen MR) is 77.7 cm³/mol. The van der Waals surface area contributed by atoms with Gasteiger partial charge in [-0.2, -0.15) is 0 Å². The van der Waals surface area contributed by atoms with Crippen LogP contribution < -0.4 is 5.32 Å². The summed E-state index contributed by atoms with van der Waals surface area (Å²) in [6.07, 6.45) is 7.66. The van der Waals surface area contributed by atoms with Crippen LogP contribution in [0.25, 0.3) is 11.0 Å². The monoisotopic (exact) mass is 305 g/mol. The lowest BCUT2D eigenvalue weighted by molar-refractivity contribution is 0.180. The lowest BCUT2D eigenvalue weighted by Crippen LogP contribution is -2.33. The van der Waals surface area contributed by atoms with Crippen LogP contribution in [0.15, 0.2) is 29.0 Å². The Labute approximate surface area is 115 Å². The summed E-state index contributed by atoms with van der Waals surface area (Å²) >= 11 is 3.43. The molecule has 1 N–H and O–H groups in total. The van der Waals surface area contributed by atoms with E-state index in [4.69, 9.17) is 0 Å². The van der Waals surface area contributed by atoms with Crippen molar-refractivity contribution in [3.05, 3.63) is 29.0 Å². The molecule has 18 heavy (non-hydrogen) atoms. The summed E-state index contributed by atoms with van der Waals surface area (Å²) in [4.78, 5) is 8.80. The van der Waals surface area contributed by atoms with Crippen molar-refractivity contribution in [1.29, 1.82) is 0 Å². The average Bonchev–Trinajstić information content (AvgIpc) is 2.33. The van der Waals surface area contributed by atoms with E-state index in [0.29, 0.717) is 5.41 Å². The van der Waals surface area contributed by atoms with Crippen molar-refractivity contribution in [2.75, 3.05) is 11.9 Å². The van der Waals surface area contributed by atoms with Crippen molar-refractivity contribution in [3.63, 3.8) is 0 Å².